The molecule has 1 heterocycles. The lowest BCUT2D eigenvalue weighted by molar-refractivity contribution is -0.125. The molecule has 3 N–H and O–H groups in total. The number of nitrogens with zero attached hydrogens (tertiary/aromatic N) is 1. The second kappa shape index (κ2) is 10.4. The Hall–Kier alpha value is -3.15. The van der Waals surface area contributed by atoms with E-state index >= 15 is 0 Å². The normalized spacial score (nSPS) is 18.7. The highest BCUT2D eigenvalue weighted by molar-refractivity contribution is 5.81. The first-order valence-corrected chi connectivity index (χ1v) is 11.2. The standard InChI is InChI=1S/C27H31N3O2/c1-28-27(32)26-16-23(29-17-20-9-8-14-24(31)15-20)18-30(26)19-25(21-10-4-2-5-11-21)22-12-6-3-7-13-22/h2-15,23,25-26,29,31H,16-19H2,1H3,(H,28,32)/t23-,26-/m0/s1. The molecule has 0 aliphatic carbocycles. The minimum absolute atomic E-state index is 0.0616. The molecule has 1 aliphatic heterocycles. The summed E-state index contributed by atoms with van der Waals surface area (Å²) in [6.07, 6.45) is 0.759. The van der Waals surface area contributed by atoms with Gasteiger partial charge in [-0.25, -0.2) is 0 Å². The van der Waals surface area contributed by atoms with E-state index in [0.29, 0.717) is 6.54 Å². The quantitative estimate of drug-likeness (QED) is 0.513. The van der Waals surface area contributed by atoms with E-state index in [0.717, 1.165) is 25.1 Å². The molecule has 0 spiro atoms. The number of hydrogen-bond donors (Lipinski definition) is 3. The summed E-state index contributed by atoms with van der Waals surface area (Å²) >= 11 is 0. The zero-order valence-corrected chi connectivity index (χ0v) is 18.4. The Labute approximate surface area is 190 Å². The SMILES string of the molecule is CNC(=O)[C@@H]1C[C@H](NCc2cccc(O)c2)CN1CC(c1ccccc1)c1ccccc1. The summed E-state index contributed by atoms with van der Waals surface area (Å²) in [5, 5.41) is 16.2. The van der Waals surface area contributed by atoms with Crippen molar-refractivity contribution in [3.8, 4) is 5.75 Å². The van der Waals surface area contributed by atoms with Crippen LogP contribution in [0.15, 0.2) is 84.9 Å². The molecule has 0 saturated carbocycles. The Kier molecular flexibility index (Phi) is 7.20. The molecule has 166 valence electrons. The van der Waals surface area contributed by atoms with Gasteiger partial charge >= 0.3 is 0 Å². The van der Waals surface area contributed by atoms with Crippen LogP contribution in [0.2, 0.25) is 0 Å². The summed E-state index contributed by atoms with van der Waals surface area (Å²) in [5.41, 5.74) is 3.54. The molecule has 5 heteroatoms. The molecule has 4 rings (SSSR count). The van der Waals surface area contributed by atoms with Crippen molar-refractivity contribution >= 4 is 5.91 Å². The van der Waals surface area contributed by atoms with Crippen molar-refractivity contribution < 1.29 is 9.90 Å². The number of likely N-dealkylation sites (tertiary alicyclic amines) is 1. The van der Waals surface area contributed by atoms with E-state index in [2.05, 4.69) is 64.1 Å². The third-order valence-electron chi connectivity index (χ3n) is 6.28. The number of phenolic OH excluding ortho intramolecular Hbond substituents is 1. The van der Waals surface area contributed by atoms with Crippen LogP contribution in [0.5, 0.6) is 5.75 Å². The summed E-state index contributed by atoms with van der Waals surface area (Å²) in [7, 11) is 1.71. The van der Waals surface area contributed by atoms with Gasteiger partial charge in [-0.05, 0) is 35.2 Å². The first-order chi connectivity index (χ1) is 15.6. The van der Waals surface area contributed by atoms with Gasteiger partial charge in [0.25, 0.3) is 0 Å². The van der Waals surface area contributed by atoms with Crippen LogP contribution in [0, 0.1) is 0 Å². The van der Waals surface area contributed by atoms with Crippen molar-refractivity contribution in [3.63, 3.8) is 0 Å². The maximum atomic E-state index is 12.7. The van der Waals surface area contributed by atoms with Crippen molar-refractivity contribution in [2.75, 3.05) is 20.1 Å². The minimum atomic E-state index is -0.170. The largest absolute Gasteiger partial charge is 0.508 e. The maximum Gasteiger partial charge on any atom is 0.237 e. The van der Waals surface area contributed by atoms with E-state index in [1.807, 2.05) is 24.3 Å². The first kappa shape index (κ1) is 22.1. The van der Waals surface area contributed by atoms with Crippen molar-refractivity contribution in [1.29, 1.82) is 0 Å². The molecular formula is C27H31N3O2. The Morgan fingerprint density at radius 1 is 1.00 bits per heavy atom. The molecule has 32 heavy (non-hydrogen) atoms. The second-order valence-electron chi connectivity index (χ2n) is 8.44. The second-order valence-corrected chi connectivity index (χ2v) is 8.44. The molecule has 5 nitrogen and oxygen atoms in total. The Balaban J connectivity index is 1.51. The molecule has 1 fully saturated rings. The monoisotopic (exact) mass is 429 g/mol. The van der Waals surface area contributed by atoms with Gasteiger partial charge in [-0.3, -0.25) is 9.69 Å². The maximum absolute atomic E-state index is 12.7. The number of rotatable bonds is 8. The lowest BCUT2D eigenvalue weighted by atomic mass is 9.90. The molecule has 3 aromatic rings. The van der Waals surface area contributed by atoms with Crippen molar-refractivity contribution in [2.45, 2.75) is 31.0 Å². The number of aromatic hydroxyl groups is 1. The third-order valence-corrected chi connectivity index (χ3v) is 6.28. The van der Waals surface area contributed by atoms with E-state index in [9.17, 15) is 9.90 Å². The van der Waals surface area contributed by atoms with E-state index in [1.54, 1.807) is 19.2 Å². The number of benzene rings is 3. The van der Waals surface area contributed by atoms with Crippen LogP contribution in [-0.2, 0) is 11.3 Å². The van der Waals surface area contributed by atoms with Gasteiger partial charge in [0.2, 0.25) is 5.91 Å². The summed E-state index contributed by atoms with van der Waals surface area (Å²) in [5.74, 6) is 0.523. The number of carbonyl (C=O) groups is 1. The van der Waals surface area contributed by atoms with Crippen LogP contribution in [0.4, 0.5) is 0 Å². The molecule has 3 aromatic carbocycles. The van der Waals surface area contributed by atoms with Crippen LogP contribution in [0.25, 0.3) is 0 Å². The minimum Gasteiger partial charge on any atom is -0.508 e. The van der Waals surface area contributed by atoms with E-state index in [4.69, 9.17) is 0 Å². The van der Waals surface area contributed by atoms with Crippen LogP contribution in [0.1, 0.15) is 29.0 Å². The molecule has 0 radical (unpaired) electrons. The first-order valence-electron chi connectivity index (χ1n) is 11.2. The lowest BCUT2D eigenvalue weighted by Gasteiger charge is -2.28. The van der Waals surface area contributed by atoms with E-state index in [1.165, 1.54) is 11.1 Å². The van der Waals surface area contributed by atoms with Gasteiger partial charge < -0.3 is 15.7 Å². The zero-order valence-electron chi connectivity index (χ0n) is 18.4. The van der Waals surface area contributed by atoms with Crippen molar-refractivity contribution in [3.05, 3.63) is 102 Å². The van der Waals surface area contributed by atoms with Crippen LogP contribution in [0.3, 0.4) is 0 Å². The highest BCUT2D eigenvalue weighted by Gasteiger charge is 2.37. The molecule has 2 atom stereocenters. The smallest absolute Gasteiger partial charge is 0.237 e. The Morgan fingerprint density at radius 3 is 2.25 bits per heavy atom. The third kappa shape index (κ3) is 5.36. The number of carbonyl (C=O) groups excluding carboxylic acids is 1. The van der Waals surface area contributed by atoms with Gasteiger partial charge in [0.15, 0.2) is 0 Å². The average Bonchev–Trinajstić information content (AvgIpc) is 3.25. The predicted molar refractivity (Wildman–Crippen MR) is 128 cm³/mol. The number of hydrogen-bond acceptors (Lipinski definition) is 4. The van der Waals surface area contributed by atoms with Gasteiger partial charge in [0.05, 0.1) is 6.04 Å². The summed E-state index contributed by atoms with van der Waals surface area (Å²) in [6.45, 7) is 2.23. The van der Waals surface area contributed by atoms with E-state index < -0.39 is 0 Å². The van der Waals surface area contributed by atoms with Gasteiger partial charge in [-0.1, -0.05) is 72.8 Å². The molecule has 0 bridgehead atoms. The van der Waals surface area contributed by atoms with Crippen LogP contribution < -0.4 is 10.6 Å². The molecule has 0 unspecified atom stereocenters. The van der Waals surface area contributed by atoms with Crippen LogP contribution >= 0.6 is 0 Å². The number of nitrogens with one attached hydrogen (secondary N) is 2. The summed E-state index contributed by atoms with van der Waals surface area (Å²) < 4.78 is 0. The lowest BCUT2D eigenvalue weighted by Crippen LogP contribution is -2.43. The molecular weight excluding hydrogens is 398 g/mol. The summed E-state index contributed by atoms with van der Waals surface area (Å²) in [6, 6.07) is 28.4. The Morgan fingerprint density at radius 2 is 1.66 bits per heavy atom. The van der Waals surface area contributed by atoms with E-state index in [-0.39, 0.29) is 29.7 Å². The van der Waals surface area contributed by atoms with Crippen LogP contribution in [-0.4, -0.2) is 48.1 Å². The number of amides is 1. The van der Waals surface area contributed by atoms with Crippen molar-refractivity contribution in [2.24, 2.45) is 0 Å². The zero-order chi connectivity index (χ0) is 22.3. The fraction of sp³-hybridized carbons (Fsp3) is 0.296. The highest BCUT2D eigenvalue weighted by atomic mass is 16.3. The molecule has 1 amide bonds. The average molecular weight is 430 g/mol. The highest BCUT2D eigenvalue weighted by Crippen LogP contribution is 2.29. The number of phenols is 1. The molecule has 1 aliphatic rings. The van der Waals surface area contributed by atoms with Gasteiger partial charge in [-0.15, -0.1) is 0 Å². The van der Waals surface area contributed by atoms with Gasteiger partial charge in [0, 0.05) is 38.6 Å². The Bertz CT molecular complexity index is 970. The predicted octanol–water partition coefficient (Wildman–Crippen LogP) is 3.50. The van der Waals surface area contributed by atoms with Gasteiger partial charge in [-0.2, -0.15) is 0 Å². The van der Waals surface area contributed by atoms with Crippen molar-refractivity contribution in [1.82, 2.24) is 15.5 Å². The topological polar surface area (TPSA) is 64.6 Å². The fourth-order valence-corrected chi connectivity index (χ4v) is 4.63. The fourth-order valence-electron chi connectivity index (χ4n) is 4.63. The molecule has 0 aromatic heterocycles. The molecule has 1 saturated heterocycles. The number of likely N-dealkylation sites (N-methyl/N-ethyl adjacent to an activating group) is 1. The van der Waals surface area contributed by atoms with Gasteiger partial charge in [0.1, 0.15) is 5.75 Å². The summed E-state index contributed by atoms with van der Waals surface area (Å²) in [4.78, 5) is 15.0.